The summed E-state index contributed by atoms with van der Waals surface area (Å²) < 4.78 is 26.9. The van der Waals surface area contributed by atoms with E-state index in [-0.39, 0.29) is 24.4 Å². The number of H-pyrrole nitrogens is 1. The van der Waals surface area contributed by atoms with E-state index in [0.29, 0.717) is 34.3 Å². The van der Waals surface area contributed by atoms with Crippen LogP contribution in [-0.2, 0) is 18.3 Å². The molecule has 0 spiro atoms. The second kappa shape index (κ2) is 7.11. The zero-order valence-electron chi connectivity index (χ0n) is 14.3. The highest BCUT2D eigenvalue weighted by Crippen LogP contribution is 2.21. The van der Waals surface area contributed by atoms with Crippen molar-refractivity contribution in [3.8, 4) is 0 Å². The molecule has 24 heavy (non-hydrogen) atoms. The maximum Gasteiger partial charge on any atom is 0.273 e. The minimum atomic E-state index is -2.57. The molecule has 2 rings (SSSR count). The topological polar surface area (TPSA) is 71.0 Å². The van der Waals surface area contributed by atoms with Gasteiger partial charge in [0.15, 0.2) is 5.65 Å². The van der Waals surface area contributed by atoms with Gasteiger partial charge in [0.2, 0.25) is 5.91 Å². The van der Waals surface area contributed by atoms with E-state index in [0.717, 1.165) is 0 Å². The number of hydrogen-bond donors (Lipinski definition) is 1. The van der Waals surface area contributed by atoms with Gasteiger partial charge in [-0.2, -0.15) is 0 Å². The first-order valence-corrected chi connectivity index (χ1v) is 7.86. The summed E-state index contributed by atoms with van der Waals surface area (Å²) in [4.78, 5) is 30.0. The monoisotopic (exact) mass is 340 g/mol. The van der Waals surface area contributed by atoms with Crippen molar-refractivity contribution >= 4 is 16.9 Å². The van der Waals surface area contributed by atoms with Gasteiger partial charge < -0.3 is 4.90 Å². The van der Waals surface area contributed by atoms with Crippen molar-refractivity contribution in [2.45, 2.75) is 40.0 Å². The normalized spacial score (nSPS) is 11.5. The number of rotatable bonds is 6. The van der Waals surface area contributed by atoms with E-state index >= 15 is 0 Å². The molecule has 0 aliphatic carbocycles. The first-order chi connectivity index (χ1) is 11.3. The Balaban J connectivity index is 2.40. The molecule has 0 saturated carbocycles. The smallest absolute Gasteiger partial charge is 0.273 e. The highest BCUT2D eigenvalue weighted by molar-refractivity contribution is 5.84. The lowest BCUT2D eigenvalue weighted by Crippen LogP contribution is -2.37. The molecule has 2 heterocycles. The van der Waals surface area contributed by atoms with Gasteiger partial charge in [0.25, 0.3) is 12.0 Å². The molecule has 2 aromatic rings. The summed E-state index contributed by atoms with van der Waals surface area (Å²) >= 11 is 0. The standard InChI is InChI=1S/C16H22F2N4O2/c1-5-6-22(8-12(17)18)13(23)7-11-9(2)14-15(19-10(11)3)21(4)20-16(14)24/h12H,5-8H2,1-4H3,(H,20,24). The van der Waals surface area contributed by atoms with Crippen molar-refractivity contribution in [2.75, 3.05) is 13.1 Å². The van der Waals surface area contributed by atoms with Crippen molar-refractivity contribution in [1.29, 1.82) is 0 Å². The Hall–Kier alpha value is -2.25. The highest BCUT2D eigenvalue weighted by atomic mass is 19.3. The number of nitrogens with one attached hydrogen (secondary N) is 1. The van der Waals surface area contributed by atoms with Crippen LogP contribution < -0.4 is 5.56 Å². The van der Waals surface area contributed by atoms with Gasteiger partial charge in [0, 0.05) is 19.3 Å². The second-order valence-corrected chi connectivity index (χ2v) is 5.91. The third-order valence-corrected chi connectivity index (χ3v) is 4.11. The van der Waals surface area contributed by atoms with Crippen molar-refractivity contribution in [2.24, 2.45) is 7.05 Å². The maximum absolute atomic E-state index is 12.7. The molecule has 0 bridgehead atoms. The molecule has 0 aromatic carbocycles. The fourth-order valence-corrected chi connectivity index (χ4v) is 2.93. The number of aromatic amines is 1. The zero-order valence-corrected chi connectivity index (χ0v) is 14.3. The van der Waals surface area contributed by atoms with E-state index in [2.05, 4.69) is 10.1 Å². The zero-order chi connectivity index (χ0) is 18.0. The van der Waals surface area contributed by atoms with Gasteiger partial charge in [0.05, 0.1) is 18.4 Å². The maximum atomic E-state index is 12.7. The number of alkyl halides is 2. The minimum absolute atomic E-state index is 0.0400. The van der Waals surface area contributed by atoms with Gasteiger partial charge >= 0.3 is 0 Å². The highest BCUT2D eigenvalue weighted by Gasteiger charge is 2.22. The SMILES string of the molecule is CCCN(CC(F)F)C(=O)Cc1c(C)nc2c(c1C)c(=O)[nH]n2C. The van der Waals surface area contributed by atoms with Crippen LogP contribution in [0.2, 0.25) is 0 Å². The van der Waals surface area contributed by atoms with E-state index in [1.807, 2.05) is 6.92 Å². The molecule has 0 unspecified atom stereocenters. The van der Waals surface area contributed by atoms with Crippen LogP contribution in [0.15, 0.2) is 4.79 Å². The molecule has 1 N–H and O–H groups in total. The van der Waals surface area contributed by atoms with Crippen LogP contribution in [-0.4, -0.2) is 45.1 Å². The average molecular weight is 340 g/mol. The number of aryl methyl sites for hydroxylation is 3. The van der Waals surface area contributed by atoms with Gasteiger partial charge in [-0.1, -0.05) is 6.92 Å². The van der Waals surface area contributed by atoms with Crippen molar-refractivity contribution < 1.29 is 13.6 Å². The van der Waals surface area contributed by atoms with Gasteiger partial charge in [0.1, 0.15) is 0 Å². The number of amides is 1. The quantitative estimate of drug-likeness (QED) is 0.873. The summed E-state index contributed by atoms with van der Waals surface area (Å²) in [7, 11) is 1.69. The van der Waals surface area contributed by atoms with E-state index in [9.17, 15) is 18.4 Å². The van der Waals surface area contributed by atoms with Crippen LogP contribution in [0.3, 0.4) is 0 Å². The lowest BCUT2D eigenvalue weighted by molar-refractivity contribution is -0.132. The number of halogens is 2. The summed E-state index contributed by atoms with van der Waals surface area (Å²) in [5.74, 6) is -0.378. The Morgan fingerprint density at radius 1 is 1.38 bits per heavy atom. The number of fused-ring (bicyclic) bond motifs is 1. The lowest BCUT2D eigenvalue weighted by Gasteiger charge is -2.22. The predicted octanol–water partition coefficient (Wildman–Crippen LogP) is 1.92. The molecule has 1 amide bonds. The summed E-state index contributed by atoms with van der Waals surface area (Å²) in [6.45, 7) is 5.05. The molecule has 0 aliphatic rings. The molecule has 6 nitrogen and oxygen atoms in total. The van der Waals surface area contributed by atoms with Crippen molar-refractivity contribution in [3.05, 3.63) is 27.2 Å². The molecule has 0 radical (unpaired) electrons. The molecule has 2 aromatic heterocycles. The van der Waals surface area contributed by atoms with Gasteiger partial charge in [-0.15, -0.1) is 0 Å². The fourth-order valence-electron chi connectivity index (χ4n) is 2.93. The fraction of sp³-hybridized carbons (Fsp3) is 0.562. The van der Waals surface area contributed by atoms with Gasteiger partial charge in [-0.25, -0.2) is 13.8 Å². The molecule has 8 heteroatoms. The third kappa shape index (κ3) is 3.47. The van der Waals surface area contributed by atoms with Gasteiger partial charge in [-0.3, -0.25) is 19.4 Å². The largest absolute Gasteiger partial charge is 0.337 e. The number of aromatic nitrogens is 3. The Morgan fingerprint density at radius 3 is 2.62 bits per heavy atom. The number of pyridine rings is 1. The van der Waals surface area contributed by atoms with Crippen molar-refractivity contribution in [1.82, 2.24) is 19.7 Å². The molecule has 0 aliphatic heterocycles. The summed E-state index contributed by atoms with van der Waals surface area (Å²) in [6, 6.07) is 0. The van der Waals surface area contributed by atoms with E-state index in [4.69, 9.17) is 0 Å². The molecular formula is C16H22F2N4O2. The Morgan fingerprint density at radius 2 is 2.04 bits per heavy atom. The number of carbonyl (C=O) groups excluding carboxylic acids is 1. The number of nitrogens with zero attached hydrogens (tertiary/aromatic N) is 3. The van der Waals surface area contributed by atoms with E-state index in [1.54, 1.807) is 20.9 Å². The number of hydrogen-bond acceptors (Lipinski definition) is 3. The van der Waals surface area contributed by atoms with Crippen LogP contribution in [0.25, 0.3) is 11.0 Å². The third-order valence-electron chi connectivity index (χ3n) is 4.11. The number of carbonyl (C=O) groups is 1. The first-order valence-electron chi connectivity index (χ1n) is 7.86. The van der Waals surface area contributed by atoms with E-state index in [1.165, 1.54) is 9.58 Å². The lowest BCUT2D eigenvalue weighted by atomic mass is 10.0. The minimum Gasteiger partial charge on any atom is -0.337 e. The van der Waals surface area contributed by atoms with Crippen LogP contribution in [0, 0.1) is 13.8 Å². The van der Waals surface area contributed by atoms with Crippen LogP contribution in [0.5, 0.6) is 0 Å². The average Bonchev–Trinajstić information content (AvgIpc) is 2.76. The van der Waals surface area contributed by atoms with Crippen LogP contribution in [0.1, 0.15) is 30.2 Å². The predicted molar refractivity (Wildman–Crippen MR) is 87.4 cm³/mol. The van der Waals surface area contributed by atoms with Crippen LogP contribution >= 0.6 is 0 Å². The molecular weight excluding hydrogens is 318 g/mol. The second-order valence-electron chi connectivity index (χ2n) is 5.91. The van der Waals surface area contributed by atoms with E-state index < -0.39 is 13.0 Å². The summed E-state index contributed by atoms with van der Waals surface area (Å²) in [5, 5.41) is 3.07. The molecule has 0 fully saturated rings. The first kappa shape index (κ1) is 18.1. The Bertz CT molecular complexity index is 810. The molecule has 132 valence electrons. The molecule has 0 atom stereocenters. The Kier molecular flexibility index (Phi) is 5.36. The Labute approximate surface area is 138 Å². The summed E-state index contributed by atoms with van der Waals surface area (Å²) in [6.07, 6.45) is -2.01. The van der Waals surface area contributed by atoms with Crippen molar-refractivity contribution in [3.63, 3.8) is 0 Å². The summed E-state index contributed by atoms with van der Waals surface area (Å²) in [5.41, 5.74) is 2.16. The van der Waals surface area contributed by atoms with Gasteiger partial charge in [-0.05, 0) is 31.4 Å². The van der Waals surface area contributed by atoms with Crippen LogP contribution in [0.4, 0.5) is 8.78 Å². The molecule has 0 saturated heterocycles.